The molecule has 2 aromatic carbocycles. The normalized spacial score (nSPS) is 14.2. The summed E-state index contributed by atoms with van der Waals surface area (Å²) in [6, 6.07) is 10.6. The van der Waals surface area contributed by atoms with Gasteiger partial charge >= 0.3 is 5.97 Å². The maximum atomic E-state index is 14.1. The number of hydrogen-bond acceptors (Lipinski definition) is 5. The molecule has 1 aliphatic rings. The van der Waals surface area contributed by atoms with Crippen LogP contribution in [0.1, 0.15) is 34.5 Å². The molecule has 1 saturated heterocycles. The minimum atomic E-state index is -1.57. The molecule has 39 heavy (non-hydrogen) atoms. The van der Waals surface area contributed by atoms with Gasteiger partial charge in [-0.15, -0.1) is 0 Å². The van der Waals surface area contributed by atoms with Crippen LogP contribution in [-0.4, -0.2) is 56.6 Å². The van der Waals surface area contributed by atoms with Gasteiger partial charge in [0, 0.05) is 43.5 Å². The average molecular weight is 538 g/mol. The second-order valence-corrected chi connectivity index (χ2v) is 9.76. The quantitative estimate of drug-likeness (QED) is 0.355. The molecule has 2 aromatic heterocycles. The lowest BCUT2D eigenvalue weighted by Crippen LogP contribution is -2.40. The van der Waals surface area contributed by atoms with E-state index in [0.717, 1.165) is 28.9 Å². The van der Waals surface area contributed by atoms with Crippen molar-refractivity contribution in [1.29, 1.82) is 0 Å². The number of rotatable bonds is 5. The van der Waals surface area contributed by atoms with Gasteiger partial charge in [-0.3, -0.25) is 9.59 Å². The fourth-order valence-corrected chi connectivity index (χ4v) is 5.09. The van der Waals surface area contributed by atoms with Crippen LogP contribution in [0.5, 0.6) is 0 Å². The zero-order valence-electron chi connectivity index (χ0n) is 21.6. The monoisotopic (exact) mass is 537 g/mol. The van der Waals surface area contributed by atoms with Crippen LogP contribution in [0.4, 0.5) is 24.7 Å². The zero-order valence-corrected chi connectivity index (χ0v) is 21.6. The second kappa shape index (κ2) is 10.0. The maximum absolute atomic E-state index is 14.1. The SMILES string of the molecule is Cc1cccc(C)c1N(C)c1cc(-c2cc(F)c(F)c(F)c2)nc2cc(C(=O)N3CCC(C(=O)O)CC3)nn12. The molecule has 0 saturated carbocycles. The van der Waals surface area contributed by atoms with Crippen LogP contribution in [0.15, 0.2) is 42.5 Å². The van der Waals surface area contributed by atoms with Crippen molar-refractivity contribution in [3.05, 3.63) is 76.7 Å². The lowest BCUT2D eigenvalue weighted by molar-refractivity contribution is -0.143. The number of para-hydroxylation sites is 1. The number of carboxylic acid groups (broad SMARTS) is 1. The van der Waals surface area contributed by atoms with E-state index in [0.29, 0.717) is 18.7 Å². The molecule has 0 bridgehead atoms. The molecule has 1 aliphatic heterocycles. The number of nitrogens with zero attached hydrogens (tertiary/aromatic N) is 5. The predicted octanol–water partition coefficient (Wildman–Crippen LogP) is 5.14. The minimum Gasteiger partial charge on any atom is -0.481 e. The van der Waals surface area contributed by atoms with Gasteiger partial charge < -0.3 is 14.9 Å². The summed E-state index contributed by atoms with van der Waals surface area (Å²) in [7, 11) is 1.81. The van der Waals surface area contributed by atoms with Gasteiger partial charge in [0.25, 0.3) is 5.91 Å². The number of piperidine rings is 1. The van der Waals surface area contributed by atoms with E-state index in [2.05, 4.69) is 10.1 Å². The Labute approximate surface area is 222 Å². The molecule has 0 aliphatic carbocycles. The molecule has 1 amide bonds. The van der Waals surface area contributed by atoms with Gasteiger partial charge in [0.1, 0.15) is 5.82 Å². The number of fused-ring (bicyclic) bond motifs is 1. The molecule has 1 N–H and O–H groups in total. The summed E-state index contributed by atoms with van der Waals surface area (Å²) in [6.07, 6.45) is 0.693. The Balaban J connectivity index is 1.63. The smallest absolute Gasteiger partial charge is 0.306 e. The van der Waals surface area contributed by atoms with E-state index in [4.69, 9.17) is 0 Å². The highest BCUT2D eigenvalue weighted by molar-refractivity contribution is 5.94. The van der Waals surface area contributed by atoms with Crippen LogP contribution in [0, 0.1) is 37.2 Å². The highest BCUT2D eigenvalue weighted by Crippen LogP contribution is 2.33. The van der Waals surface area contributed by atoms with Crippen molar-refractivity contribution in [3.8, 4) is 11.3 Å². The fourth-order valence-electron chi connectivity index (χ4n) is 5.09. The summed E-state index contributed by atoms with van der Waals surface area (Å²) in [5.74, 6) is -5.54. The van der Waals surface area contributed by atoms with Crippen LogP contribution in [0.25, 0.3) is 16.9 Å². The lowest BCUT2D eigenvalue weighted by Gasteiger charge is -2.29. The highest BCUT2D eigenvalue weighted by atomic mass is 19.2. The van der Waals surface area contributed by atoms with Gasteiger partial charge in [0.2, 0.25) is 0 Å². The molecule has 3 heterocycles. The second-order valence-electron chi connectivity index (χ2n) is 9.76. The Bertz CT molecular complexity index is 1570. The maximum Gasteiger partial charge on any atom is 0.306 e. The first-order chi connectivity index (χ1) is 18.5. The molecule has 202 valence electrons. The number of anilines is 2. The summed E-state index contributed by atoms with van der Waals surface area (Å²) in [4.78, 5) is 32.5. The third-order valence-electron chi connectivity index (χ3n) is 7.16. The molecular weight excluding hydrogens is 511 g/mol. The van der Waals surface area contributed by atoms with Crippen LogP contribution >= 0.6 is 0 Å². The molecule has 0 spiro atoms. The molecular formula is C28H26F3N5O3. The zero-order chi connectivity index (χ0) is 28.0. The Morgan fingerprint density at radius 2 is 1.62 bits per heavy atom. The molecule has 8 nitrogen and oxygen atoms in total. The number of aryl methyl sites for hydroxylation is 2. The van der Waals surface area contributed by atoms with E-state index in [1.54, 1.807) is 18.0 Å². The van der Waals surface area contributed by atoms with Gasteiger partial charge in [-0.1, -0.05) is 18.2 Å². The Morgan fingerprint density at radius 1 is 1.00 bits per heavy atom. The fraction of sp³-hybridized carbons (Fsp3) is 0.286. The topological polar surface area (TPSA) is 91.0 Å². The number of carbonyl (C=O) groups is 2. The van der Waals surface area contributed by atoms with Crippen molar-refractivity contribution in [1.82, 2.24) is 19.5 Å². The first kappa shape index (κ1) is 26.2. The standard InChI is InChI=1S/C28H26F3N5O3/c1-15-5-4-6-16(2)26(15)34(3)24-14-21(18-11-19(29)25(31)20(30)12-18)32-23-13-22(33-36(23)24)27(37)35-9-7-17(8-10-35)28(38)39/h4-6,11-14,17H,7-10H2,1-3H3,(H,38,39). The van der Waals surface area contributed by atoms with E-state index < -0.39 is 29.3 Å². The van der Waals surface area contributed by atoms with Crippen molar-refractivity contribution < 1.29 is 27.9 Å². The number of likely N-dealkylation sites (tertiary alicyclic amines) is 1. The van der Waals surface area contributed by atoms with Crippen LogP contribution in [0.2, 0.25) is 0 Å². The number of hydrogen-bond donors (Lipinski definition) is 1. The summed E-state index contributed by atoms with van der Waals surface area (Å²) < 4.78 is 43.4. The summed E-state index contributed by atoms with van der Waals surface area (Å²) in [5.41, 5.74) is 3.33. The van der Waals surface area contributed by atoms with Crippen molar-refractivity contribution in [2.45, 2.75) is 26.7 Å². The van der Waals surface area contributed by atoms with Crippen molar-refractivity contribution >= 4 is 29.0 Å². The predicted molar refractivity (Wildman–Crippen MR) is 139 cm³/mol. The van der Waals surface area contributed by atoms with Crippen LogP contribution < -0.4 is 4.90 Å². The number of halogens is 3. The largest absolute Gasteiger partial charge is 0.481 e. The van der Waals surface area contributed by atoms with E-state index in [9.17, 15) is 27.9 Å². The van der Waals surface area contributed by atoms with E-state index in [-0.39, 0.29) is 41.6 Å². The lowest BCUT2D eigenvalue weighted by atomic mass is 9.97. The van der Waals surface area contributed by atoms with Crippen molar-refractivity contribution in [3.63, 3.8) is 0 Å². The first-order valence-electron chi connectivity index (χ1n) is 12.4. The van der Waals surface area contributed by atoms with Crippen LogP contribution in [-0.2, 0) is 4.79 Å². The number of aliphatic carboxylic acids is 1. The molecule has 1 fully saturated rings. The molecule has 0 radical (unpaired) electrons. The average Bonchev–Trinajstić information content (AvgIpc) is 3.34. The van der Waals surface area contributed by atoms with Gasteiger partial charge in [-0.05, 0) is 49.9 Å². The van der Waals surface area contributed by atoms with Crippen LogP contribution in [0.3, 0.4) is 0 Å². The number of amides is 1. The van der Waals surface area contributed by atoms with E-state index >= 15 is 0 Å². The first-order valence-corrected chi connectivity index (χ1v) is 12.4. The summed E-state index contributed by atoms with van der Waals surface area (Å²) in [5, 5.41) is 13.8. The number of carbonyl (C=O) groups excluding carboxylic acids is 1. The third-order valence-corrected chi connectivity index (χ3v) is 7.16. The molecule has 0 unspecified atom stereocenters. The third kappa shape index (κ3) is 4.80. The highest BCUT2D eigenvalue weighted by Gasteiger charge is 2.29. The number of carboxylic acids is 1. The Morgan fingerprint density at radius 3 is 2.21 bits per heavy atom. The van der Waals surface area contributed by atoms with E-state index in [1.165, 1.54) is 10.6 Å². The Hall–Kier alpha value is -4.41. The summed E-state index contributed by atoms with van der Waals surface area (Å²) in [6.45, 7) is 4.46. The van der Waals surface area contributed by atoms with Crippen molar-refractivity contribution in [2.24, 2.45) is 5.92 Å². The molecule has 4 aromatic rings. The van der Waals surface area contributed by atoms with Gasteiger partial charge in [0.05, 0.1) is 11.6 Å². The van der Waals surface area contributed by atoms with Gasteiger partial charge in [-0.2, -0.15) is 9.61 Å². The molecule has 0 atom stereocenters. The van der Waals surface area contributed by atoms with E-state index in [1.807, 2.05) is 36.9 Å². The number of aromatic nitrogens is 3. The van der Waals surface area contributed by atoms with Gasteiger partial charge in [0.15, 0.2) is 28.8 Å². The Kier molecular flexibility index (Phi) is 6.75. The molecule has 5 rings (SSSR count). The molecule has 11 heteroatoms. The summed E-state index contributed by atoms with van der Waals surface area (Å²) >= 11 is 0. The minimum absolute atomic E-state index is 0.0230. The van der Waals surface area contributed by atoms with Gasteiger partial charge in [-0.25, -0.2) is 18.2 Å². The van der Waals surface area contributed by atoms with Crippen molar-refractivity contribution in [2.75, 3.05) is 25.0 Å². The number of benzene rings is 2.